The fraction of sp³-hybridized carbons (Fsp3) is 0.412. The monoisotopic (exact) mass is 608 g/mol. The van der Waals surface area contributed by atoms with Crippen molar-refractivity contribution in [2.75, 3.05) is 13.1 Å². The number of carbonyl (C=O) groups is 4. The van der Waals surface area contributed by atoms with Gasteiger partial charge in [0.2, 0.25) is 23.6 Å². The van der Waals surface area contributed by atoms with Gasteiger partial charge in [0.15, 0.2) is 0 Å². The molecule has 4 amide bonds. The van der Waals surface area contributed by atoms with Gasteiger partial charge in [-0.1, -0.05) is 48.6 Å². The molecule has 0 aliphatic carbocycles. The highest BCUT2D eigenvalue weighted by Gasteiger charge is 2.56. The van der Waals surface area contributed by atoms with Crippen LogP contribution in [0.5, 0.6) is 0 Å². The van der Waals surface area contributed by atoms with Gasteiger partial charge in [-0.25, -0.2) is 0 Å². The predicted octanol–water partition coefficient (Wildman–Crippen LogP) is 3.10. The maximum absolute atomic E-state index is 13.5. The largest absolute Gasteiger partial charge is 0.368 e. The number of amides is 4. The SMILES string of the molecule is C=CCC(CC=C)(C(N)=O)N(CCN(C(CC=C)(CC=C)C(N)=O)C(CC=C)(CC=C)C(N)=O)C(CC=C)(CC=C)C(N)=O. The second kappa shape index (κ2) is 17.7. The molecule has 0 aromatic carbocycles. The Morgan fingerprint density at radius 2 is 0.523 bits per heavy atom. The fourth-order valence-electron chi connectivity index (χ4n) is 6.34. The summed E-state index contributed by atoms with van der Waals surface area (Å²) >= 11 is 0. The number of rotatable bonds is 27. The van der Waals surface area contributed by atoms with Crippen molar-refractivity contribution in [2.24, 2.45) is 22.9 Å². The van der Waals surface area contributed by atoms with E-state index in [1.54, 1.807) is 9.80 Å². The Morgan fingerprint density at radius 3 is 0.614 bits per heavy atom. The highest BCUT2D eigenvalue weighted by molar-refractivity contribution is 5.91. The van der Waals surface area contributed by atoms with E-state index in [1.807, 2.05) is 0 Å². The third kappa shape index (κ3) is 7.81. The minimum Gasteiger partial charge on any atom is -0.368 e. The summed E-state index contributed by atoms with van der Waals surface area (Å²) in [5, 5.41) is 0. The molecule has 0 fully saturated rings. The van der Waals surface area contributed by atoms with Crippen molar-refractivity contribution in [2.45, 2.75) is 73.5 Å². The van der Waals surface area contributed by atoms with E-state index in [0.717, 1.165) is 0 Å². The van der Waals surface area contributed by atoms with Crippen LogP contribution >= 0.6 is 0 Å². The number of carbonyl (C=O) groups excluding carboxylic acids is 4. The standard InChI is InChI=1S/C34H52N6O4/c1-9-17-31(18-10-2,27(35)41)39(32(19-11-3,20-12-4)28(36)42)25-26-40(33(21-13-5,22-14-6)29(37)43)34(23-15-7,24-16-8)30(38)44/h9-16H,1-8,17-26H2,(H2,35,41)(H2,36,42)(H2,37,43)(H2,38,44). The van der Waals surface area contributed by atoms with Gasteiger partial charge in [0, 0.05) is 13.1 Å². The summed E-state index contributed by atoms with van der Waals surface area (Å²) in [5.41, 5.74) is 18.2. The van der Waals surface area contributed by atoms with Crippen LogP contribution in [-0.2, 0) is 19.2 Å². The minimum absolute atomic E-state index is 0.0121. The van der Waals surface area contributed by atoms with Crippen LogP contribution in [0.4, 0.5) is 0 Å². The maximum Gasteiger partial charge on any atom is 0.238 e. The Bertz CT molecular complexity index is 929. The average molecular weight is 609 g/mol. The lowest BCUT2D eigenvalue weighted by Crippen LogP contribution is -2.73. The quantitative estimate of drug-likeness (QED) is 0.104. The Balaban J connectivity index is 8.20. The van der Waals surface area contributed by atoms with Crippen LogP contribution < -0.4 is 22.9 Å². The molecule has 0 aromatic heterocycles. The van der Waals surface area contributed by atoms with Gasteiger partial charge < -0.3 is 22.9 Å². The van der Waals surface area contributed by atoms with Gasteiger partial charge in [-0.3, -0.25) is 29.0 Å². The third-order valence-corrected chi connectivity index (χ3v) is 8.30. The number of hydrogen-bond acceptors (Lipinski definition) is 6. The van der Waals surface area contributed by atoms with Crippen LogP contribution in [0.15, 0.2) is 101 Å². The zero-order valence-electron chi connectivity index (χ0n) is 26.2. The van der Waals surface area contributed by atoms with Crippen LogP contribution in [0.25, 0.3) is 0 Å². The van der Waals surface area contributed by atoms with Crippen molar-refractivity contribution in [1.82, 2.24) is 9.80 Å². The molecule has 0 saturated carbocycles. The zero-order chi connectivity index (χ0) is 34.2. The van der Waals surface area contributed by atoms with Crippen molar-refractivity contribution in [3.05, 3.63) is 101 Å². The van der Waals surface area contributed by atoms with Gasteiger partial charge in [-0.05, 0) is 51.4 Å². The van der Waals surface area contributed by atoms with Gasteiger partial charge in [0.1, 0.15) is 22.2 Å². The molecule has 0 heterocycles. The molecule has 0 unspecified atom stereocenters. The molecule has 242 valence electrons. The van der Waals surface area contributed by atoms with Crippen molar-refractivity contribution in [1.29, 1.82) is 0 Å². The molecule has 10 heteroatoms. The molecular weight excluding hydrogens is 556 g/mol. The highest BCUT2D eigenvalue weighted by Crippen LogP contribution is 2.40. The highest BCUT2D eigenvalue weighted by atomic mass is 16.2. The van der Waals surface area contributed by atoms with Crippen LogP contribution in [0, 0.1) is 0 Å². The summed E-state index contributed by atoms with van der Waals surface area (Å²) < 4.78 is 0. The van der Waals surface area contributed by atoms with E-state index < -0.39 is 45.8 Å². The van der Waals surface area contributed by atoms with E-state index in [4.69, 9.17) is 22.9 Å². The maximum atomic E-state index is 13.5. The van der Waals surface area contributed by atoms with E-state index >= 15 is 0 Å². The molecule has 10 nitrogen and oxygen atoms in total. The Labute approximate surface area is 263 Å². The van der Waals surface area contributed by atoms with Crippen LogP contribution in [-0.4, -0.2) is 68.7 Å². The van der Waals surface area contributed by atoms with Crippen molar-refractivity contribution >= 4 is 23.6 Å². The van der Waals surface area contributed by atoms with E-state index in [0.29, 0.717) is 0 Å². The molecule has 0 radical (unpaired) electrons. The first kappa shape index (κ1) is 39.7. The van der Waals surface area contributed by atoms with Crippen molar-refractivity contribution in [3.8, 4) is 0 Å². The predicted molar refractivity (Wildman–Crippen MR) is 180 cm³/mol. The fourth-order valence-corrected chi connectivity index (χ4v) is 6.34. The number of nitrogens with two attached hydrogens (primary N) is 4. The summed E-state index contributed by atoms with van der Waals surface area (Å²) in [6.45, 7) is 30.3. The second-order valence-electron chi connectivity index (χ2n) is 10.8. The van der Waals surface area contributed by atoms with Crippen LogP contribution in [0.2, 0.25) is 0 Å². The number of nitrogens with zero attached hydrogens (tertiary/aromatic N) is 2. The summed E-state index contributed by atoms with van der Waals surface area (Å²) in [6, 6.07) is 0. The van der Waals surface area contributed by atoms with E-state index in [9.17, 15) is 19.2 Å². The lowest BCUT2D eigenvalue weighted by Gasteiger charge is -2.55. The second-order valence-corrected chi connectivity index (χ2v) is 10.8. The van der Waals surface area contributed by atoms with Gasteiger partial charge in [-0.15, -0.1) is 52.6 Å². The van der Waals surface area contributed by atoms with E-state index in [-0.39, 0.29) is 64.5 Å². The minimum atomic E-state index is -1.56. The summed E-state index contributed by atoms with van der Waals surface area (Å²) in [7, 11) is 0. The summed E-state index contributed by atoms with van der Waals surface area (Å²) in [4.78, 5) is 57.0. The van der Waals surface area contributed by atoms with Crippen molar-refractivity contribution in [3.63, 3.8) is 0 Å². The molecule has 0 saturated heterocycles. The average Bonchev–Trinajstić information content (AvgIpc) is 2.94. The third-order valence-electron chi connectivity index (χ3n) is 8.30. The topological polar surface area (TPSA) is 179 Å². The Morgan fingerprint density at radius 1 is 0.386 bits per heavy atom. The first-order valence-corrected chi connectivity index (χ1v) is 14.4. The van der Waals surface area contributed by atoms with E-state index in [2.05, 4.69) is 52.6 Å². The Kier molecular flexibility index (Phi) is 16.0. The molecule has 0 aromatic rings. The van der Waals surface area contributed by atoms with Gasteiger partial charge >= 0.3 is 0 Å². The molecular formula is C34H52N6O4. The first-order chi connectivity index (χ1) is 20.7. The summed E-state index contributed by atoms with van der Waals surface area (Å²) in [6.07, 6.45) is 12.2. The molecule has 0 rings (SSSR count). The zero-order valence-corrected chi connectivity index (χ0v) is 26.2. The molecule has 0 aliphatic rings. The van der Waals surface area contributed by atoms with E-state index in [1.165, 1.54) is 48.6 Å². The molecule has 8 N–H and O–H groups in total. The van der Waals surface area contributed by atoms with Crippen LogP contribution in [0.3, 0.4) is 0 Å². The van der Waals surface area contributed by atoms with Gasteiger partial charge in [0.25, 0.3) is 0 Å². The molecule has 0 bridgehead atoms. The molecule has 0 aliphatic heterocycles. The first-order valence-electron chi connectivity index (χ1n) is 14.4. The smallest absolute Gasteiger partial charge is 0.238 e. The molecule has 0 atom stereocenters. The lowest BCUT2D eigenvalue weighted by molar-refractivity contribution is -0.153. The lowest BCUT2D eigenvalue weighted by atomic mass is 9.77. The van der Waals surface area contributed by atoms with Crippen LogP contribution in [0.1, 0.15) is 51.4 Å². The normalized spacial score (nSPS) is 12.1. The molecule has 44 heavy (non-hydrogen) atoms. The molecule has 0 spiro atoms. The number of primary amides is 4. The van der Waals surface area contributed by atoms with Gasteiger partial charge in [0.05, 0.1) is 0 Å². The number of hydrogen-bond donors (Lipinski definition) is 4. The van der Waals surface area contributed by atoms with Crippen molar-refractivity contribution < 1.29 is 19.2 Å². The summed E-state index contributed by atoms with van der Waals surface area (Å²) in [5.74, 6) is -3.06. The van der Waals surface area contributed by atoms with Gasteiger partial charge in [-0.2, -0.15) is 0 Å². The Hall–Kier alpha value is -4.28.